The van der Waals surface area contributed by atoms with E-state index in [1.807, 2.05) is 0 Å². The Hall–Kier alpha value is -2.18. The number of rotatable bonds is 3. The van der Waals surface area contributed by atoms with E-state index in [0.29, 0.717) is 5.56 Å². The zero-order chi connectivity index (χ0) is 12.4. The number of hydrogen-bond acceptors (Lipinski definition) is 4. The molecule has 1 aromatic rings. The van der Waals surface area contributed by atoms with Gasteiger partial charge in [0, 0.05) is 0 Å². The molecule has 2 rings (SSSR count). The molecular weight excluding hydrogens is 232 g/mol. The van der Waals surface area contributed by atoms with Crippen LogP contribution in [0.2, 0.25) is 0 Å². The number of alkyl halides is 2. The highest BCUT2D eigenvalue weighted by Crippen LogP contribution is 2.25. The Morgan fingerprint density at radius 2 is 2.24 bits per heavy atom. The molecule has 0 fully saturated rings. The quantitative estimate of drug-likeness (QED) is 0.820. The maximum Gasteiger partial charge on any atom is 0.387 e. The largest absolute Gasteiger partial charge is 0.435 e. The first kappa shape index (κ1) is 11.3. The molecule has 7 heteroatoms. The summed E-state index contributed by atoms with van der Waals surface area (Å²) in [5.74, 6) is -0.400. The van der Waals surface area contributed by atoms with Crippen LogP contribution in [-0.2, 0) is 4.79 Å². The van der Waals surface area contributed by atoms with E-state index in [1.165, 1.54) is 18.2 Å². The third-order valence-corrected chi connectivity index (χ3v) is 2.17. The fraction of sp³-hybridized carbons (Fsp3) is 0.200. The molecule has 90 valence electrons. The van der Waals surface area contributed by atoms with Gasteiger partial charge >= 0.3 is 6.61 Å². The molecule has 17 heavy (non-hydrogen) atoms. The summed E-state index contributed by atoms with van der Waals surface area (Å²) in [5.41, 5.74) is 5.78. The van der Waals surface area contributed by atoms with Crippen LogP contribution < -0.4 is 15.8 Å². The Balaban J connectivity index is 2.24. The second-order valence-electron chi connectivity index (χ2n) is 3.36. The van der Waals surface area contributed by atoms with Crippen LogP contribution in [0.5, 0.6) is 5.75 Å². The Bertz CT molecular complexity index is 476. The van der Waals surface area contributed by atoms with Crippen molar-refractivity contribution >= 4 is 11.9 Å². The van der Waals surface area contributed by atoms with E-state index < -0.39 is 18.6 Å². The van der Waals surface area contributed by atoms with Gasteiger partial charge in [0.1, 0.15) is 5.75 Å². The number of nitrogens with zero attached hydrogens (tertiary/aromatic N) is 1. The smallest absolute Gasteiger partial charge is 0.387 e. The Morgan fingerprint density at radius 3 is 2.82 bits per heavy atom. The third-order valence-electron chi connectivity index (χ3n) is 2.17. The summed E-state index contributed by atoms with van der Waals surface area (Å²) in [4.78, 5) is 15.3. The van der Waals surface area contributed by atoms with E-state index in [0.717, 1.165) is 0 Å². The van der Waals surface area contributed by atoms with Gasteiger partial charge in [-0.3, -0.25) is 10.1 Å². The molecular formula is C10H9F2N3O2. The molecule has 1 heterocycles. The van der Waals surface area contributed by atoms with Gasteiger partial charge in [0.25, 0.3) is 5.91 Å². The average molecular weight is 241 g/mol. The van der Waals surface area contributed by atoms with E-state index in [-0.39, 0.29) is 11.7 Å². The molecule has 0 bridgehead atoms. The number of ether oxygens (including phenoxy) is 1. The fourth-order valence-corrected chi connectivity index (χ4v) is 1.51. The van der Waals surface area contributed by atoms with E-state index in [1.54, 1.807) is 6.07 Å². The maximum atomic E-state index is 12.0. The highest BCUT2D eigenvalue weighted by atomic mass is 19.3. The minimum Gasteiger partial charge on any atom is -0.435 e. The summed E-state index contributed by atoms with van der Waals surface area (Å²) in [6.07, 6.45) is 0. The minimum absolute atomic E-state index is 0.0141. The molecule has 5 nitrogen and oxygen atoms in total. The molecule has 0 aliphatic carbocycles. The Morgan fingerprint density at radius 1 is 1.47 bits per heavy atom. The number of benzene rings is 1. The Labute approximate surface area is 95.3 Å². The van der Waals surface area contributed by atoms with Crippen molar-refractivity contribution in [1.29, 1.82) is 0 Å². The summed E-state index contributed by atoms with van der Waals surface area (Å²) in [6, 6.07) is 4.99. The van der Waals surface area contributed by atoms with Gasteiger partial charge in [0.2, 0.25) is 0 Å². The molecule has 0 unspecified atom stereocenters. The lowest BCUT2D eigenvalue weighted by Crippen LogP contribution is -2.31. The molecule has 0 spiro atoms. The lowest BCUT2D eigenvalue weighted by molar-refractivity contribution is -0.120. The van der Waals surface area contributed by atoms with Gasteiger partial charge < -0.3 is 10.5 Å². The van der Waals surface area contributed by atoms with Crippen LogP contribution in [-0.4, -0.2) is 18.5 Å². The highest BCUT2D eigenvalue weighted by molar-refractivity contribution is 6.04. The predicted molar refractivity (Wildman–Crippen MR) is 55.6 cm³/mol. The summed E-state index contributed by atoms with van der Waals surface area (Å²) in [5, 5.41) is 2.33. The number of carbonyl (C=O) groups is 1. The van der Waals surface area contributed by atoms with Crippen LogP contribution in [0.25, 0.3) is 0 Å². The number of halogens is 2. The summed E-state index contributed by atoms with van der Waals surface area (Å²) in [6.45, 7) is -2.91. The monoisotopic (exact) mass is 241 g/mol. The van der Waals surface area contributed by atoms with Gasteiger partial charge in [0.05, 0.1) is 0 Å². The molecule has 0 radical (unpaired) electrons. The zero-order valence-corrected chi connectivity index (χ0v) is 8.56. The van der Waals surface area contributed by atoms with Gasteiger partial charge in [-0.05, 0) is 17.7 Å². The van der Waals surface area contributed by atoms with Crippen molar-refractivity contribution in [3.63, 3.8) is 0 Å². The molecule has 1 atom stereocenters. The van der Waals surface area contributed by atoms with Crippen molar-refractivity contribution in [3.8, 4) is 5.75 Å². The normalized spacial score (nSPS) is 19.1. The van der Waals surface area contributed by atoms with E-state index in [9.17, 15) is 13.6 Å². The number of carbonyl (C=O) groups excluding carboxylic acids is 1. The third kappa shape index (κ3) is 2.49. The first-order valence-electron chi connectivity index (χ1n) is 4.75. The van der Waals surface area contributed by atoms with E-state index in [4.69, 9.17) is 5.73 Å². The zero-order valence-electron chi connectivity index (χ0n) is 8.56. The highest BCUT2D eigenvalue weighted by Gasteiger charge is 2.26. The standard InChI is InChI=1S/C10H9F2N3O2/c11-9(12)17-6-3-1-2-5(4-6)7-8(16)15-10(13)14-7/h1-4,7,9H,(H3,13,14,15,16)/t7-/m1/s1. The van der Waals surface area contributed by atoms with E-state index in [2.05, 4.69) is 15.0 Å². The van der Waals surface area contributed by atoms with E-state index >= 15 is 0 Å². The van der Waals surface area contributed by atoms with Crippen LogP contribution in [0.4, 0.5) is 8.78 Å². The van der Waals surface area contributed by atoms with Crippen molar-refractivity contribution in [2.75, 3.05) is 0 Å². The summed E-state index contributed by atoms with van der Waals surface area (Å²) >= 11 is 0. The van der Waals surface area contributed by atoms with Crippen LogP contribution in [0.15, 0.2) is 29.3 Å². The van der Waals surface area contributed by atoms with Crippen molar-refractivity contribution in [1.82, 2.24) is 5.32 Å². The Kier molecular flexibility index (Phi) is 2.90. The first-order valence-corrected chi connectivity index (χ1v) is 4.75. The summed E-state index contributed by atoms with van der Waals surface area (Å²) < 4.78 is 28.3. The van der Waals surface area contributed by atoms with Gasteiger partial charge in [0.15, 0.2) is 12.0 Å². The fourth-order valence-electron chi connectivity index (χ4n) is 1.51. The molecule has 1 aliphatic rings. The van der Waals surface area contributed by atoms with Crippen molar-refractivity contribution in [2.24, 2.45) is 10.7 Å². The van der Waals surface area contributed by atoms with Gasteiger partial charge in [-0.15, -0.1) is 0 Å². The number of guanidine groups is 1. The molecule has 3 N–H and O–H groups in total. The van der Waals surface area contributed by atoms with Gasteiger partial charge in [-0.2, -0.15) is 8.78 Å². The van der Waals surface area contributed by atoms with Gasteiger partial charge in [-0.25, -0.2) is 4.99 Å². The number of nitrogens with two attached hydrogens (primary N) is 1. The molecule has 1 amide bonds. The first-order chi connectivity index (χ1) is 8.06. The van der Waals surface area contributed by atoms with Crippen molar-refractivity contribution in [2.45, 2.75) is 12.7 Å². The van der Waals surface area contributed by atoms with Crippen LogP contribution in [0.1, 0.15) is 11.6 Å². The van der Waals surface area contributed by atoms with Crippen LogP contribution >= 0.6 is 0 Å². The second-order valence-corrected chi connectivity index (χ2v) is 3.36. The molecule has 1 aromatic carbocycles. The van der Waals surface area contributed by atoms with Crippen LogP contribution in [0.3, 0.4) is 0 Å². The molecule has 0 aromatic heterocycles. The number of hydrogen-bond donors (Lipinski definition) is 2. The van der Waals surface area contributed by atoms with Crippen molar-refractivity contribution < 1.29 is 18.3 Å². The maximum absolute atomic E-state index is 12.0. The lowest BCUT2D eigenvalue weighted by Gasteiger charge is -2.08. The molecule has 0 saturated heterocycles. The predicted octanol–water partition coefficient (Wildman–Crippen LogP) is 0.774. The topological polar surface area (TPSA) is 76.7 Å². The van der Waals surface area contributed by atoms with Crippen molar-refractivity contribution in [3.05, 3.63) is 29.8 Å². The SMILES string of the molecule is NC1=N[C@H](c2cccc(OC(F)F)c2)C(=O)N1. The van der Waals surface area contributed by atoms with Gasteiger partial charge in [-0.1, -0.05) is 12.1 Å². The lowest BCUT2D eigenvalue weighted by atomic mass is 10.1. The molecule has 1 aliphatic heterocycles. The number of amides is 1. The number of aliphatic imine (C=N–C) groups is 1. The average Bonchev–Trinajstić information content (AvgIpc) is 2.57. The summed E-state index contributed by atoms with van der Waals surface area (Å²) in [7, 11) is 0. The minimum atomic E-state index is -2.91. The molecule has 0 saturated carbocycles. The number of nitrogens with one attached hydrogen (secondary N) is 1. The second kappa shape index (κ2) is 4.36. The van der Waals surface area contributed by atoms with Crippen LogP contribution in [0, 0.1) is 0 Å².